The van der Waals surface area contributed by atoms with Crippen molar-refractivity contribution in [3.63, 3.8) is 0 Å². The first-order valence-electron chi connectivity index (χ1n) is 11.7. The standard InChI is InChI=1S/C28H28FN3O3/c1-3-20-8-12-23(13-9-20)30-26(33)18-25-27(34)32(24-14-4-19(2)5-15-24)28(35)31(25)17-16-21-6-10-22(29)11-7-21/h4-15,25H,3,16-18H2,1-2H3,(H,30,33)/t25-/m1/s1. The molecule has 1 aliphatic rings. The SMILES string of the molecule is CCc1ccc(NC(=O)C[C@@H]2C(=O)N(c3ccc(C)cc3)C(=O)N2CCc2ccc(F)cc2)cc1. The molecule has 0 saturated carbocycles. The quantitative estimate of drug-likeness (QED) is 0.463. The van der Waals surface area contributed by atoms with Crippen molar-refractivity contribution in [2.75, 3.05) is 16.8 Å². The molecule has 0 radical (unpaired) electrons. The molecule has 4 amide bonds. The number of urea groups is 1. The Kier molecular flexibility index (Phi) is 7.25. The van der Waals surface area contributed by atoms with E-state index in [0.717, 1.165) is 28.0 Å². The molecule has 3 aromatic carbocycles. The minimum Gasteiger partial charge on any atom is -0.326 e. The maximum absolute atomic E-state index is 13.4. The second kappa shape index (κ2) is 10.5. The van der Waals surface area contributed by atoms with Crippen molar-refractivity contribution < 1.29 is 18.8 Å². The molecule has 1 aliphatic heterocycles. The highest BCUT2D eigenvalue weighted by molar-refractivity contribution is 6.22. The molecule has 0 aliphatic carbocycles. The van der Waals surface area contributed by atoms with Crippen molar-refractivity contribution in [2.45, 2.75) is 39.2 Å². The van der Waals surface area contributed by atoms with Gasteiger partial charge in [0.1, 0.15) is 11.9 Å². The molecule has 35 heavy (non-hydrogen) atoms. The van der Waals surface area contributed by atoms with Crippen molar-refractivity contribution in [1.29, 1.82) is 0 Å². The largest absolute Gasteiger partial charge is 0.332 e. The normalized spacial score (nSPS) is 15.6. The molecule has 0 unspecified atom stereocenters. The van der Waals surface area contributed by atoms with E-state index in [9.17, 15) is 18.8 Å². The van der Waals surface area contributed by atoms with Gasteiger partial charge in [0.15, 0.2) is 0 Å². The van der Waals surface area contributed by atoms with Crippen LogP contribution in [-0.4, -0.2) is 35.3 Å². The van der Waals surface area contributed by atoms with Crippen molar-refractivity contribution >= 4 is 29.2 Å². The molecule has 180 valence electrons. The van der Waals surface area contributed by atoms with Crippen molar-refractivity contribution in [3.05, 3.63) is 95.3 Å². The summed E-state index contributed by atoms with van der Waals surface area (Å²) in [5.74, 6) is -1.12. The van der Waals surface area contributed by atoms with Gasteiger partial charge in [0.2, 0.25) is 5.91 Å². The smallest absolute Gasteiger partial charge is 0.326 e. The number of hydrogen-bond donors (Lipinski definition) is 1. The first-order chi connectivity index (χ1) is 16.9. The molecule has 0 aromatic heterocycles. The van der Waals surface area contributed by atoms with E-state index in [1.165, 1.54) is 17.0 Å². The summed E-state index contributed by atoms with van der Waals surface area (Å²) in [7, 11) is 0. The second-order valence-corrected chi connectivity index (χ2v) is 8.68. The first kappa shape index (κ1) is 24.1. The summed E-state index contributed by atoms with van der Waals surface area (Å²) in [6, 6.07) is 19.3. The molecule has 7 heteroatoms. The molecular formula is C28H28FN3O3. The van der Waals surface area contributed by atoms with E-state index < -0.39 is 18.0 Å². The molecular weight excluding hydrogens is 445 g/mol. The zero-order valence-corrected chi connectivity index (χ0v) is 19.8. The van der Waals surface area contributed by atoms with Gasteiger partial charge in [0, 0.05) is 12.2 Å². The van der Waals surface area contributed by atoms with Gasteiger partial charge in [0.25, 0.3) is 5.91 Å². The molecule has 3 aromatic rings. The van der Waals surface area contributed by atoms with Gasteiger partial charge >= 0.3 is 6.03 Å². The Hall–Kier alpha value is -4.00. The minimum absolute atomic E-state index is 0.161. The topological polar surface area (TPSA) is 69.7 Å². The Morgan fingerprint density at radius 3 is 2.17 bits per heavy atom. The van der Waals surface area contributed by atoms with Gasteiger partial charge in [-0.15, -0.1) is 0 Å². The molecule has 6 nitrogen and oxygen atoms in total. The summed E-state index contributed by atoms with van der Waals surface area (Å²) in [6.45, 7) is 4.20. The summed E-state index contributed by atoms with van der Waals surface area (Å²) in [6.07, 6.45) is 1.16. The van der Waals surface area contributed by atoms with Crippen LogP contribution >= 0.6 is 0 Å². The Bertz CT molecular complexity index is 1210. The Morgan fingerprint density at radius 1 is 0.914 bits per heavy atom. The number of carbonyl (C=O) groups excluding carboxylic acids is 3. The highest BCUT2D eigenvalue weighted by Gasteiger charge is 2.46. The van der Waals surface area contributed by atoms with Crippen LogP contribution in [0.5, 0.6) is 0 Å². The molecule has 0 bridgehead atoms. The van der Waals surface area contributed by atoms with Crippen molar-refractivity contribution in [1.82, 2.24) is 4.90 Å². The number of benzene rings is 3. The number of amides is 4. The average molecular weight is 474 g/mol. The van der Waals surface area contributed by atoms with Gasteiger partial charge in [-0.05, 0) is 67.3 Å². The molecule has 4 rings (SSSR count). The van der Waals surface area contributed by atoms with E-state index in [4.69, 9.17) is 0 Å². The summed E-state index contributed by atoms with van der Waals surface area (Å²) in [4.78, 5) is 42.1. The summed E-state index contributed by atoms with van der Waals surface area (Å²) in [5, 5.41) is 2.83. The van der Waals surface area contributed by atoms with Crippen LogP contribution in [0.3, 0.4) is 0 Å². The fourth-order valence-corrected chi connectivity index (χ4v) is 4.13. The third-order valence-corrected chi connectivity index (χ3v) is 6.19. The molecule has 1 heterocycles. The molecule has 1 atom stereocenters. The average Bonchev–Trinajstić information content (AvgIpc) is 3.08. The Labute approximate surface area is 204 Å². The molecule has 0 spiro atoms. The third kappa shape index (κ3) is 5.57. The Morgan fingerprint density at radius 2 is 1.54 bits per heavy atom. The summed E-state index contributed by atoms with van der Waals surface area (Å²) < 4.78 is 13.3. The number of aryl methyl sites for hydroxylation is 2. The minimum atomic E-state index is -0.931. The first-order valence-corrected chi connectivity index (χ1v) is 11.7. The van der Waals surface area contributed by atoms with Crippen molar-refractivity contribution in [3.8, 4) is 0 Å². The van der Waals surface area contributed by atoms with Crippen LogP contribution in [0.15, 0.2) is 72.8 Å². The Balaban J connectivity index is 1.54. The van der Waals surface area contributed by atoms with Crippen LogP contribution in [-0.2, 0) is 22.4 Å². The zero-order valence-electron chi connectivity index (χ0n) is 19.8. The van der Waals surface area contributed by atoms with Crippen LogP contribution < -0.4 is 10.2 Å². The third-order valence-electron chi connectivity index (χ3n) is 6.19. The van der Waals surface area contributed by atoms with Crippen LogP contribution in [0.4, 0.5) is 20.6 Å². The van der Waals surface area contributed by atoms with Gasteiger partial charge in [-0.1, -0.05) is 48.9 Å². The number of anilines is 2. The number of nitrogens with zero attached hydrogens (tertiary/aromatic N) is 2. The fourth-order valence-electron chi connectivity index (χ4n) is 4.13. The second-order valence-electron chi connectivity index (χ2n) is 8.68. The maximum atomic E-state index is 13.4. The van der Waals surface area contributed by atoms with E-state index in [-0.39, 0.29) is 24.7 Å². The van der Waals surface area contributed by atoms with Crippen LogP contribution in [0.25, 0.3) is 0 Å². The van der Waals surface area contributed by atoms with Crippen LogP contribution in [0.1, 0.15) is 30.0 Å². The number of rotatable bonds is 8. The molecule has 1 N–H and O–H groups in total. The fraction of sp³-hybridized carbons (Fsp3) is 0.250. The monoisotopic (exact) mass is 473 g/mol. The van der Waals surface area contributed by atoms with Gasteiger partial charge in [-0.2, -0.15) is 0 Å². The van der Waals surface area contributed by atoms with Crippen LogP contribution in [0.2, 0.25) is 0 Å². The number of nitrogens with one attached hydrogen (secondary N) is 1. The number of hydrogen-bond acceptors (Lipinski definition) is 3. The van der Waals surface area contributed by atoms with Gasteiger partial charge < -0.3 is 10.2 Å². The highest BCUT2D eigenvalue weighted by Crippen LogP contribution is 2.28. The maximum Gasteiger partial charge on any atom is 0.332 e. The predicted octanol–water partition coefficient (Wildman–Crippen LogP) is 5.11. The van der Waals surface area contributed by atoms with E-state index in [1.54, 1.807) is 24.3 Å². The lowest BCUT2D eigenvalue weighted by atomic mass is 10.1. The van der Waals surface area contributed by atoms with Gasteiger partial charge in [-0.3, -0.25) is 9.59 Å². The number of halogens is 1. The van der Waals surface area contributed by atoms with E-state index >= 15 is 0 Å². The highest BCUT2D eigenvalue weighted by atomic mass is 19.1. The van der Waals surface area contributed by atoms with E-state index in [2.05, 4.69) is 12.2 Å². The lowest BCUT2D eigenvalue weighted by Crippen LogP contribution is -2.39. The van der Waals surface area contributed by atoms with E-state index in [1.807, 2.05) is 43.3 Å². The number of imide groups is 1. The zero-order chi connectivity index (χ0) is 24.9. The molecule has 1 fully saturated rings. The van der Waals surface area contributed by atoms with Gasteiger partial charge in [-0.25, -0.2) is 14.1 Å². The van der Waals surface area contributed by atoms with Gasteiger partial charge in [0.05, 0.1) is 12.1 Å². The lowest BCUT2D eigenvalue weighted by molar-refractivity contribution is -0.124. The summed E-state index contributed by atoms with van der Waals surface area (Å²) in [5.41, 5.74) is 4.10. The predicted molar refractivity (Wildman–Crippen MR) is 134 cm³/mol. The lowest BCUT2D eigenvalue weighted by Gasteiger charge is -2.21. The van der Waals surface area contributed by atoms with E-state index in [0.29, 0.717) is 17.8 Å². The van der Waals surface area contributed by atoms with Crippen LogP contribution in [0, 0.1) is 12.7 Å². The molecule has 1 saturated heterocycles. The number of carbonyl (C=O) groups is 3. The summed E-state index contributed by atoms with van der Waals surface area (Å²) >= 11 is 0. The van der Waals surface area contributed by atoms with Crippen molar-refractivity contribution in [2.24, 2.45) is 0 Å².